The van der Waals surface area contributed by atoms with Crippen LogP contribution in [0.25, 0.3) is 0 Å². The number of benzene rings is 1. The van der Waals surface area contributed by atoms with Crippen LogP contribution < -0.4 is 5.56 Å². The minimum absolute atomic E-state index is 0.0338. The normalized spacial score (nSPS) is 10.4. The average molecular weight is 388 g/mol. The Morgan fingerprint density at radius 3 is 2.42 bits per heavy atom. The molecule has 98 valence electrons. The first-order valence-corrected chi connectivity index (χ1v) is 6.85. The van der Waals surface area contributed by atoms with E-state index < -0.39 is 4.92 Å². The fourth-order valence-corrected chi connectivity index (χ4v) is 2.86. The van der Waals surface area contributed by atoms with Gasteiger partial charge in [-0.15, -0.1) is 0 Å². The summed E-state index contributed by atoms with van der Waals surface area (Å²) < 4.78 is 2.76. The summed E-state index contributed by atoms with van der Waals surface area (Å²) in [6.07, 6.45) is 1.68. The van der Waals surface area contributed by atoms with Crippen molar-refractivity contribution >= 4 is 37.5 Å². The van der Waals surface area contributed by atoms with E-state index in [4.69, 9.17) is 0 Å². The molecule has 0 aliphatic rings. The summed E-state index contributed by atoms with van der Waals surface area (Å²) in [6, 6.07) is 7.80. The summed E-state index contributed by atoms with van der Waals surface area (Å²) in [7, 11) is 0. The third-order valence-corrected chi connectivity index (χ3v) is 3.51. The molecule has 19 heavy (non-hydrogen) atoms. The van der Waals surface area contributed by atoms with E-state index in [1.807, 2.05) is 0 Å². The minimum atomic E-state index is -0.453. The lowest BCUT2D eigenvalue weighted by Crippen LogP contribution is -2.20. The van der Waals surface area contributed by atoms with Crippen molar-refractivity contribution in [2.45, 2.75) is 6.54 Å². The van der Waals surface area contributed by atoms with E-state index in [0.717, 1.165) is 10.0 Å². The molecule has 0 unspecified atom stereocenters. The van der Waals surface area contributed by atoms with Crippen molar-refractivity contribution in [1.82, 2.24) is 4.57 Å². The maximum absolute atomic E-state index is 11.9. The van der Waals surface area contributed by atoms with E-state index in [1.54, 1.807) is 24.4 Å². The van der Waals surface area contributed by atoms with Gasteiger partial charge in [0, 0.05) is 22.8 Å². The zero-order valence-corrected chi connectivity index (χ0v) is 12.7. The standard InChI is InChI=1S/C12H8Br2N2O3/c13-9-5-11(14)12(17)15(7-9)6-8-1-3-10(4-2-8)16(18)19/h1-5,7H,6H2. The SMILES string of the molecule is O=c1c(Br)cc(Br)cn1Cc1ccc([N+](=O)[O-])cc1. The maximum Gasteiger partial charge on any atom is 0.269 e. The van der Waals surface area contributed by atoms with Crippen LogP contribution in [-0.2, 0) is 6.54 Å². The molecular formula is C12H8Br2N2O3. The van der Waals surface area contributed by atoms with Gasteiger partial charge in [-0.25, -0.2) is 0 Å². The molecule has 2 aromatic rings. The maximum atomic E-state index is 11.9. The average Bonchev–Trinajstić information content (AvgIpc) is 2.36. The molecule has 0 amide bonds. The molecule has 0 bridgehead atoms. The molecule has 0 radical (unpaired) electrons. The van der Waals surface area contributed by atoms with Crippen LogP contribution in [0, 0.1) is 10.1 Å². The summed E-state index contributed by atoms with van der Waals surface area (Å²) in [5.41, 5.74) is 0.700. The summed E-state index contributed by atoms with van der Waals surface area (Å²) >= 11 is 6.50. The number of aromatic nitrogens is 1. The van der Waals surface area contributed by atoms with Gasteiger partial charge in [0.15, 0.2) is 0 Å². The molecule has 0 saturated carbocycles. The van der Waals surface area contributed by atoms with Crippen LogP contribution in [0.3, 0.4) is 0 Å². The fraction of sp³-hybridized carbons (Fsp3) is 0.0833. The Kier molecular flexibility index (Phi) is 4.16. The molecule has 1 heterocycles. The lowest BCUT2D eigenvalue weighted by atomic mass is 10.2. The zero-order valence-electron chi connectivity index (χ0n) is 9.55. The van der Waals surface area contributed by atoms with Crippen LogP contribution in [0.2, 0.25) is 0 Å². The Morgan fingerprint density at radius 2 is 1.84 bits per heavy atom. The number of hydrogen-bond acceptors (Lipinski definition) is 3. The fourth-order valence-electron chi connectivity index (χ4n) is 1.60. The summed E-state index contributed by atoms with van der Waals surface area (Å²) in [4.78, 5) is 22.0. The van der Waals surface area contributed by atoms with E-state index in [0.29, 0.717) is 11.0 Å². The second kappa shape index (κ2) is 5.66. The number of hydrogen-bond donors (Lipinski definition) is 0. The first-order chi connectivity index (χ1) is 8.97. The van der Waals surface area contributed by atoms with Gasteiger partial charge in [0.25, 0.3) is 11.2 Å². The van der Waals surface area contributed by atoms with Crippen molar-refractivity contribution in [3.05, 3.63) is 71.5 Å². The highest BCUT2D eigenvalue weighted by atomic mass is 79.9. The van der Waals surface area contributed by atoms with Crippen LogP contribution in [0.15, 0.2) is 50.3 Å². The van der Waals surface area contributed by atoms with Gasteiger partial charge in [-0.05, 0) is 43.5 Å². The van der Waals surface area contributed by atoms with Crippen LogP contribution in [0.4, 0.5) is 5.69 Å². The predicted octanol–water partition coefficient (Wildman–Crippen LogP) is 3.33. The van der Waals surface area contributed by atoms with Gasteiger partial charge >= 0.3 is 0 Å². The predicted molar refractivity (Wildman–Crippen MR) is 78.3 cm³/mol. The first-order valence-electron chi connectivity index (χ1n) is 5.26. The molecule has 7 heteroatoms. The highest BCUT2D eigenvalue weighted by Crippen LogP contribution is 2.15. The van der Waals surface area contributed by atoms with Crippen molar-refractivity contribution in [2.24, 2.45) is 0 Å². The lowest BCUT2D eigenvalue weighted by Gasteiger charge is -2.07. The molecule has 2 rings (SSSR count). The number of nitro groups is 1. The molecule has 0 spiro atoms. The molecule has 0 N–H and O–H groups in total. The Bertz CT molecular complexity index is 680. The molecule has 0 atom stereocenters. The Hall–Kier alpha value is -1.47. The first kappa shape index (κ1) is 14.0. The lowest BCUT2D eigenvalue weighted by molar-refractivity contribution is -0.384. The molecule has 5 nitrogen and oxygen atoms in total. The van der Waals surface area contributed by atoms with Crippen molar-refractivity contribution < 1.29 is 4.92 Å². The van der Waals surface area contributed by atoms with E-state index in [2.05, 4.69) is 31.9 Å². The number of nitrogens with zero attached hydrogens (tertiary/aromatic N) is 2. The van der Waals surface area contributed by atoms with Gasteiger partial charge in [-0.3, -0.25) is 14.9 Å². The third-order valence-electron chi connectivity index (χ3n) is 2.51. The quantitative estimate of drug-likeness (QED) is 0.599. The van der Waals surface area contributed by atoms with E-state index in [9.17, 15) is 14.9 Å². The number of pyridine rings is 1. The van der Waals surface area contributed by atoms with Crippen LogP contribution in [0.1, 0.15) is 5.56 Å². The van der Waals surface area contributed by atoms with E-state index in [1.165, 1.54) is 16.7 Å². The largest absolute Gasteiger partial charge is 0.309 e. The smallest absolute Gasteiger partial charge is 0.269 e. The Morgan fingerprint density at radius 1 is 1.21 bits per heavy atom. The Labute approximate surface area is 125 Å². The van der Waals surface area contributed by atoms with Gasteiger partial charge in [0.1, 0.15) is 0 Å². The monoisotopic (exact) mass is 386 g/mol. The molecule has 0 saturated heterocycles. The van der Waals surface area contributed by atoms with E-state index in [-0.39, 0.29) is 11.2 Å². The Balaban J connectivity index is 2.31. The van der Waals surface area contributed by atoms with Crippen LogP contribution in [0.5, 0.6) is 0 Å². The van der Waals surface area contributed by atoms with Gasteiger partial charge < -0.3 is 4.57 Å². The number of non-ortho nitro benzene ring substituents is 1. The van der Waals surface area contributed by atoms with Gasteiger partial charge in [0.05, 0.1) is 15.9 Å². The molecule has 0 aliphatic carbocycles. The summed E-state index contributed by atoms with van der Waals surface area (Å²) in [5, 5.41) is 10.6. The van der Waals surface area contributed by atoms with Gasteiger partial charge in [-0.2, -0.15) is 0 Å². The second-order valence-electron chi connectivity index (χ2n) is 3.86. The van der Waals surface area contributed by atoms with Crippen LogP contribution >= 0.6 is 31.9 Å². The van der Waals surface area contributed by atoms with Crippen molar-refractivity contribution in [3.63, 3.8) is 0 Å². The van der Waals surface area contributed by atoms with Crippen molar-refractivity contribution in [2.75, 3.05) is 0 Å². The summed E-state index contributed by atoms with van der Waals surface area (Å²) in [6.45, 7) is 0.356. The molecule has 0 aliphatic heterocycles. The zero-order chi connectivity index (χ0) is 14.0. The number of rotatable bonds is 3. The van der Waals surface area contributed by atoms with Crippen molar-refractivity contribution in [3.8, 4) is 0 Å². The highest BCUT2D eigenvalue weighted by Gasteiger charge is 2.07. The van der Waals surface area contributed by atoms with E-state index >= 15 is 0 Å². The molecular weight excluding hydrogens is 380 g/mol. The number of halogens is 2. The second-order valence-corrected chi connectivity index (χ2v) is 5.63. The third kappa shape index (κ3) is 3.30. The van der Waals surface area contributed by atoms with Gasteiger partial charge in [0.2, 0.25) is 0 Å². The molecule has 0 fully saturated rings. The van der Waals surface area contributed by atoms with Gasteiger partial charge in [-0.1, -0.05) is 12.1 Å². The van der Waals surface area contributed by atoms with Crippen LogP contribution in [-0.4, -0.2) is 9.49 Å². The number of nitro benzene ring substituents is 1. The molecule has 1 aromatic carbocycles. The minimum Gasteiger partial charge on any atom is -0.309 e. The molecule has 1 aromatic heterocycles. The topological polar surface area (TPSA) is 65.1 Å². The highest BCUT2D eigenvalue weighted by molar-refractivity contribution is 9.11. The summed E-state index contributed by atoms with van der Waals surface area (Å²) in [5.74, 6) is 0. The van der Waals surface area contributed by atoms with Crippen molar-refractivity contribution in [1.29, 1.82) is 0 Å².